The third-order valence-corrected chi connectivity index (χ3v) is 8.38. The molecular weight excluding hydrogens is 432 g/mol. The molecule has 1 fully saturated rings. The van der Waals surface area contributed by atoms with Crippen molar-refractivity contribution in [2.45, 2.75) is 11.8 Å². The molecule has 1 aliphatic heterocycles. The molecule has 0 bridgehead atoms. The van der Waals surface area contributed by atoms with Gasteiger partial charge in [-0.2, -0.15) is 4.31 Å². The van der Waals surface area contributed by atoms with E-state index in [4.69, 9.17) is 4.74 Å². The van der Waals surface area contributed by atoms with E-state index < -0.39 is 10.0 Å². The molecule has 3 heterocycles. The van der Waals surface area contributed by atoms with Crippen LogP contribution in [-0.2, 0) is 10.0 Å². The summed E-state index contributed by atoms with van der Waals surface area (Å²) in [6, 6.07) is 12.9. The van der Waals surface area contributed by atoms with E-state index in [1.807, 2.05) is 42.6 Å². The SMILES string of the molecule is CCOc1ccc(S(=O)(=O)N2CCN(c3ncnc4ccsc34)CC2)c2ccccc12. The van der Waals surface area contributed by atoms with Gasteiger partial charge in [-0.15, -0.1) is 11.3 Å². The van der Waals surface area contributed by atoms with E-state index >= 15 is 0 Å². The fourth-order valence-electron chi connectivity index (χ4n) is 4.03. The molecule has 2 aromatic carbocycles. The van der Waals surface area contributed by atoms with Gasteiger partial charge in [0.2, 0.25) is 10.0 Å². The molecule has 1 aliphatic rings. The van der Waals surface area contributed by atoms with Crippen molar-refractivity contribution in [3.8, 4) is 5.75 Å². The summed E-state index contributed by atoms with van der Waals surface area (Å²) >= 11 is 1.61. The van der Waals surface area contributed by atoms with Crippen LogP contribution < -0.4 is 9.64 Å². The quantitative estimate of drug-likeness (QED) is 0.457. The Bertz CT molecular complexity index is 1350. The Kier molecular flexibility index (Phi) is 5.25. The van der Waals surface area contributed by atoms with Crippen LogP contribution in [0, 0.1) is 0 Å². The largest absolute Gasteiger partial charge is 0.493 e. The van der Waals surface area contributed by atoms with Gasteiger partial charge in [-0.1, -0.05) is 24.3 Å². The summed E-state index contributed by atoms with van der Waals surface area (Å²) in [6.07, 6.45) is 1.57. The van der Waals surface area contributed by atoms with Crippen LogP contribution in [0.15, 0.2) is 59.1 Å². The molecule has 0 amide bonds. The summed E-state index contributed by atoms with van der Waals surface area (Å²) in [5.41, 5.74) is 0.922. The van der Waals surface area contributed by atoms with Crippen molar-refractivity contribution < 1.29 is 13.2 Å². The highest BCUT2D eigenvalue weighted by Crippen LogP contribution is 2.34. The molecule has 0 unspecified atom stereocenters. The van der Waals surface area contributed by atoms with Gasteiger partial charge >= 0.3 is 0 Å². The Hall–Kier alpha value is -2.75. The Morgan fingerprint density at radius 1 is 1.00 bits per heavy atom. The monoisotopic (exact) mass is 454 g/mol. The van der Waals surface area contributed by atoms with Gasteiger partial charge in [0.15, 0.2) is 0 Å². The van der Waals surface area contributed by atoms with Gasteiger partial charge in [0.05, 0.1) is 21.7 Å². The molecule has 2 aromatic heterocycles. The highest BCUT2D eigenvalue weighted by molar-refractivity contribution is 7.89. The minimum atomic E-state index is -3.64. The molecule has 7 nitrogen and oxygen atoms in total. The van der Waals surface area contributed by atoms with Gasteiger partial charge in [0.1, 0.15) is 17.9 Å². The third kappa shape index (κ3) is 3.52. The number of nitrogens with zero attached hydrogens (tertiary/aromatic N) is 4. The van der Waals surface area contributed by atoms with Gasteiger partial charge in [0.25, 0.3) is 0 Å². The topological polar surface area (TPSA) is 75.6 Å². The summed E-state index contributed by atoms with van der Waals surface area (Å²) in [6.45, 7) is 4.41. The second kappa shape index (κ2) is 8.07. The van der Waals surface area contributed by atoms with Crippen LogP contribution >= 0.6 is 11.3 Å². The third-order valence-electron chi connectivity index (χ3n) is 5.52. The lowest BCUT2D eigenvalue weighted by molar-refractivity contribution is 0.344. The molecule has 5 rings (SSSR count). The highest BCUT2D eigenvalue weighted by atomic mass is 32.2. The number of piperazine rings is 1. The van der Waals surface area contributed by atoms with Crippen molar-refractivity contribution in [2.24, 2.45) is 0 Å². The molecule has 0 spiro atoms. The zero-order valence-corrected chi connectivity index (χ0v) is 18.7. The second-order valence-electron chi connectivity index (χ2n) is 7.26. The first kappa shape index (κ1) is 20.2. The number of sulfonamides is 1. The number of fused-ring (bicyclic) bond motifs is 2. The van der Waals surface area contributed by atoms with Crippen molar-refractivity contribution in [2.75, 3.05) is 37.7 Å². The first-order chi connectivity index (χ1) is 15.1. The number of benzene rings is 2. The van der Waals surface area contributed by atoms with Gasteiger partial charge in [-0.05, 0) is 30.5 Å². The lowest BCUT2D eigenvalue weighted by Crippen LogP contribution is -2.49. The molecule has 0 saturated carbocycles. The molecule has 0 radical (unpaired) electrons. The van der Waals surface area contributed by atoms with Crippen LogP contribution in [0.3, 0.4) is 0 Å². The van der Waals surface area contributed by atoms with Crippen LogP contribution in [0.25, 0.3) is 21.0 Å². The predicted octanol–water partition coefficient (Wildman–Crippen LogP) is 3.75. The average Bonchev–Trinajstić information content (AvgIpc) is 3.28. The predicted molar refractivity (Wildman–Crippen MR) is 124 cm³/mol. The summed E-state index contributed by atoms with van der Waals surface area (Å²) in [4.78, 5) is 11.2. The van der Waals surface area contributed by atoms with E-state index in [0.29, 0.717) is 48.8 Å². The van der Waals surface area contributed by atoms with Gasteiger partial charge in [0, 0.05) is 37.0 Å². The lowest BCUT2D eigenvalue weighted by atomic mass is 10.1. The highest BCUT2D eigenvalue weighted by Gasteiger charge is 2.31. The van der Waals surface area contributed by atoms with Crippen molar-refractivity contribution in [3.63, 3.8) is 0 Å². The van der Waals surface area contributed by atoms with Crippen LogP contribution in [0.1, 0.15) is 6.92 Å². The maximum atomic E-state index is 13.5. The van der Waals surface area contributed by atoms with Crippen molar-refractivity contribution in [1.82, 2.24) is 14.3 Å². The van der Waals surface area contributed by atoms with Crippen LogP contribution in [-0.4, -0.2) is 55.5 Å². The normalized spacial score (nSPS) is 15.6. The van der Waals surface area contributed by atoms with Crippen molar-refractivity contribution in [3.05, 3.63) is 54.2 Å². The fraction of sp³-hybridized carbons (Fsp3) is 0.273. The summed E-state index contributed by atoms with van der Waals surface area (Å²) in [5.74, 6) is 1.58. The van der Waals surface area contributed by atoms with Crippen LogP contribution in [0.5, 0.6) is 5.75 Å². The van der Waals surface area contributed by atoms with E-state index in [1.165, 1.54) is 0 Å². The summed E-state index contributed by atoms with van der Waals surface area (Å²) < 4.78 is 35.4. The number of anilines is 1. The number of rotatable bonds is 5. The number of ether oxygens (including phenoxy) is 1. The Balaban J connectivity index is 1.43. The van der Waals surface area contributed by atoms with Crippen LogP contribution in [0.2, 0.25) is 0 Å². The molecule has 31 heavy (non-hydrogen) atoms. The fourth-order valence-corrected chi connectivity index (χ4v) is 6.51. The minimum Gasteiger partial charge on any atom is -0.493 e. The first-order valence-corrected chi connectivity index (χ1v) is 12.5. The number of hydrogen-bond donors (Lipinski definition) is 0. The van der Waals surface area contributed by atoms with Gasteiger partial charge in [-0.3, -0.25) is 0 Å². The zero-order valence-electron chi connectivity index (χ0n) is 17.1. The summed E-state index contributed by atoms with van der Waals surface area (Å²) in [5, 5.41) is 3.50. The van der Waals surface area contributed by atoms with E-state index in [1.54, 1.807) is 34.1 Å². The standard InChI is InChI=1S/C22H22N4O3S2/c1-2-29-19-7-8-20(17-6-4-3-5-16(17)19)31(27,28)26-12-10-25(11-13-26)22-21-18(9-14-30-21)23-15-24-22/h3-9,14-15H,2,10-13H2,1H3. The molecular formula is C22H22N4O3S2. The van der Waals surface area contributed by atoms with E-state index in [-0.39, 0.29) is 0 Å². The smallest absolute Gasteiger partial charge is 0.243 e. The van der Waals surface area contributed by atoms with Gasteiger partial charge in [-0.25, -0.2) is 18.4 Å². The lowest BCUT2D eigenvalue weighted by Gasteiger charge is -2.35. The second-order valence-corrected chi connectivity index (χ2v) is 10.1. The molecule has 0 atom stereocenters. The maximum Gasteiger partial charge on any atom is 0.243 e. The Labute approximate surface area is 185 Å². The van der Waals surface area contributed by atoms with Crippen LogP contribution in [0.4, 0.5) is 5.82 Å². The molecule has 0 aliphatic carbocycles. The molecule has 160 valence electrons. The Morgan fingerprint density at radius 3 is 2.55 bits per heavy atom. The zero-order chi connectivity index (χ0) is 21.4. The van der Waals surface area contributed by atoms with E-state index in [2.05, 4.69) is 14.9 Å². The van der Waals surface area contributed by atoms with Crippen molar-refractivity contribution in [1.29, 1.82) is 0 Å². The molecule has 4 aromatic rings. The van der Waals surface area contributed by atoms with E-state index in [0.717, 1.165) is 21.4 Å². The maximum absolute atomic E-state index is 13.5. The van der Waals surface area contributed by atoms with Gasteiger partial charge < -0.3 is 9.64 Å². The summed E-state index contributed by atoms with van der Waals surface area (Å²) in [7, 11) is -3.64. The Morgan fingerprint density at radius 2 is 1.77 bits per heavy atom. The number of thiophene rings is 1. The van der Waals surface area contributed by atoms with Crippen molar-refractivity contribution >= 4 is 48.2 Å². The molecule has 0 N–H and O–H groups in total. The molecule has 9 heteroatoms. The van der Waals surface area contributed by atoms with E-state index in [9.17, 15) is 8.42 Å². The molecule has 1 saturated heterocycles. The first-order valence-electron chi connectivity index (χ1n) is 10.2. The number of aromatic nitrogens is 2. The average molecular weight is 455 g/mol. The minimum absolute atomic E-state index is 0.322. The number of hydrogen-bond acceptors (Lipinski definition) is 7.